The van der Waals surface area contributed by atoms with Gasteiger partial charge >= 0.3 is 0 Å². The van der Waals surface area contributed by atoms with E-state index in [4.69, 9.17) is 5.73 Å². The Morgan fingerprint density at radius 2 is 1.75 bits per heavy atom. The van der Waals surface area contributed by atoms with Crippen molar-refractivity contribution in [2.24, 2.45) is 0 Å². The van der Waals surface area contributed by atoms with Gasteiger partial charge in [-0.1, -0.05) is 0 Å². The number of nitrogens with two attached hydrogens (primary N) is 1. The third-order valence-electron chi connectivity index (χ3n) is 2.42. The van der Waals surface area contributed by atoms with Gasteiger partial charge in [0, 0.05) is 14.6 Å². The van der Waals surface area contributed by atoms with Crippen LogP contribution in [0, 0.1) is 5.82 Å². The van der Waals surface area contributed by atoms with Crippen molar-refractivity contribution < 1.29 is 12.8 Å². The molecule has 0 spiro atoms. The normalized spacial score (nSPS) is 11.3. The van der Waals surface area contributed by atoms with E-state index in [0.717, 1.165) is 0 Å². The average molecular weight is 424 g/mol. The molecule has 20 heavy (non-hydrogen) atoms. The van der Waals surface area contributed by atoms with Crippen LogP contribution in [-0.4, -0.2) is 8.42 Å². The molecular formula is C12H9Br2FN2O2S. The van der Waals surface area contributed by atoms with Crippen molar-refractivity contribution in [1.82, 2.24) is 0 Å². The highest BCUT2D eigenvalue weighted by Gasteiger charge is 2.19. The van der Waals surface area contributed by atoms with Gasteiger partial charge in [0.1, 0.15) is 10.7 Å². The Labute approximate surface area is 132 Å². The highest BCUT2D eigenvalue weighted by Crippen LogP contribution is 2.29. The van der Waals surface area contributed by atoms with Gasteiger partial charge in [-0.2, -0.15) is 0 Å². The van der Waals surface area contributed by atoms with Gasteiger partial charge in [-0.15, -0.1) is 0 Å². The first kappa shape index (κ1) is 15.3. The van der Waals surface area contributed by atoms with Gasteiger partial charge in [0.2, 0.25) is 0 Å². The van der Waals surface area contributed by atoms with Crippen LogP contribution in [0.15, 0.2) is 50.2 Å². The fourth-order valence-electron chi connectivity index (χ4n) is 1.51. The van der Waals surface area contributed by atoms with Crippen molar-refractivity contribution in [3.8, 4) is 0 Å². The Kier molecular flexibility index (Phi) is 4.36. The molecule has 0 amide bonds. The molecule has 0 fully saturated rings. The largest absolute Gasteiger partial charge is 0.399 e. The summed E-state index contributed by atoms with van der Waals surface area (Å²) in [6, 6.07) is 8.05. The number of anilines is 2. The Balaban J connectivity index is 2.41. The molecule has 0 aliphatic heterocycles. The predicted molar refractivity (Wildman–Crippen MR) is 83.5 cm³/mol. The van der Waals surface area contributed by atoms with Crippen molar-refractivity contribution >= 4 is 53.3 Å². The number of halogens is 3. The minimum absolute atomic E-state index is 0.0444. The number of sulfonamides is 1. The number of rotatable bonds is 3. The molecule has 0 bridgehead atoms. The van der Waals surface area contributed by atoms with Gasteiger partial charge in [0.25, 0.3) is 10.0 Å². The Morgan fingerprint density at radius 3 is 2.35 bits per heavy atom. The minimum atomic E-state index is -3.80. The summed E-state index contributed by atoms with van der Waals surface area (Å²) in [5, 5.41) is 0. The average Bonchev–Trinajstić information content (AvgIpc) is 2.32. The maximum atomic E-state index is 13.0. The molecule has 0 aliphatic carbocycles. The van der Waals surface area contributed by atoms with E-state index in [2.05, 4.69) is 36.6 Å². The zero-order valence-electron chi connectivity index (χ0n) is 9.90. The molecule has 0 unspecified atom stereocenters. The lowest BCUT2D eigenvalue weighted by atomic mass is 10.3. The van der Waals surface area contributed by atoms with Crippen LogP contribution in [0.4, 0.5) is 15.8 Å². The summed E-state index contributed by atoms with van der Waals surface area (Å²) in [5.74, 6) is -0.464. The lowest BCUT2D eigenvalue weighted by molar-refractivity contribution is 0.600. The van der Waals surface area contributed by atoms with E-state index in [0.29, 0.717) is 14.6 Å². The molecule has 0 saturated carbocycles. The van der Waals surface area contributed by atoms with Crippen LogP contribution >= 0.6 is 31.9 Å². The van der Waals surface area contributed by atoms with Gasteiger partial charge in [-0.3, -0.25) is 4.72 Å². The van der Waals surface area contributed by atoms with E-state index in [1.807, 2.05) is 0 Å². The zero-order valence-corrected chi connectivity index (χ0v) is 13.9. The molecule has 2 aromatic carbocycles. The first-order chi connectivity index (χ1) is 9.29. The molecule has 4 nitrogen and oxygen atoms in total. The molecular weight excluding hydrogens is 415 g/mol. The van der Waals surface area contributed by atoms with Crippen molar-refractivity contribution in [2.45, 2.75) is 4.90 Å². The fourth-order valence-corrected chi connectivity index (χ4v) is 4.26. The summed E-state index contributed by atoms with van der Waals surface area (Å²) >= 11 is 6.26. The highest BCUT2D eigenvalue weighted by atomic mass is 79.9. The number of benzene rings is 2. The molecule has 0 saturated heterocycles. The van der Waals surface area contributed by atoms with Crippen molar-refractivity contribution in [3.05, 3.63) is 51.2 Å². The first-order valence-corrected chi connectivity index (χ1v) is 8.39. The van der Waals surface area contributed by atoms with E-state index < -0.39 is 15.8 Å². The molecule has 0 heterocycles. The van der Waals surface area contributed by atoms with Crippen molar-refractivity contribution in [2.75, 3.05) is 10.5 Å². The number of hydrogen-bond donors (Lipinski definition) is 2. The summed E-state index contributed by atoms with van der Waals surface area (Å²) in [7, 11) is -3.80. The summed E-state index contributed by atoms with van der Waals surface area (Å²) < 4.78 is 40.6. The van der Waals surface area contributed by atoms with Crippen molar-refractivity contribution in [3.63, 3.8) is 0 Å². The first-order valence-electron chi connectivity index (χ1n) is 5.32. The quantitative estimate of drug-likeness (QED) is 0.738. The van der Waals surface area contributed by atoms with Crippen LogP contribution in [0.25, 0.3) is 0 Å². The maximum Gasteiger partial charge on any atom is 0.263 e. The molecule has 2 rings (SSSR count). The lowest BCUT2D eigenvalue weighted by Gasteiger charge is -2.11. The fraction of sp³-hybridized carbons (Fsp3) is 0. The van der Waals surface area contributed by atoms with E-state index in [9.17, 15) is 12.8 Å². The number of hydrogen-bond acceptors (Lipinski definition) is 3. The van der Waals surface area contributed by atoms with Gasteiger partial charge < -0.3 is 5.73 Å². The molecule has 8 heteroatoms. The van der Waals surface area contributed by atoms with Crippen LogP contribution in [0.3, 0.4) is 0 Å². The predicted octanol–water partition coefficient (Wildman–Crippen LogP) is 3.73. The molecule has 0 atom stereocenters. The summed E-state index contributed by atoms with van der Waals surface area (Å²) in [4.78, 5) is 0.0444. The molecule has 106 valence electrons. The van der Waals surface area contributed by atoms with Gasteiger partial charge in [0.15, 0.2) is 0 Å². The second kappa shape index (κ2) is 5.71. The topological polar surface area (TPSA) is 72.2 Å². The minimum Gasteiger partial charge on any atom is -0.399 e. The van der Waals surface area contributed by atoms with E-state index in [-0.39, 0.29) is 10.6 Å². The summed E-state index contributed by atoms with van der Waals surface area (Å²) in [6.07, 6.45) is 0. The third kappa shape index (κ3) is 3.31. The molecule has 0 radical (unpaired) electrons. The molecule has 0 aliphatic rings. The van der Waals surface area contributed by atoms with Crippen LogP contribution < -0.4 is 10.5 Å². The van der Waals surface area contributed by atoms with Crippen LogP contribution in [0.2, 0.25) is 0 Å². The Morgan fingerprint density at radius 1 is 1.05 bits per heavy atom. The Bertz CT molecular complexity index is 766. The SMILES string of the molecule is Nc1ccc(S(=O)(=O)Nc2ccc(F)cc2Br)c(Br)c1. The maximum absolute atomic E-state index is 13.0. The monoisotopic (exact) mass is 422 g/mol. The zero-order chi connectivity index (χ0) is 14.9. The third-order valence-corrected chi connectivity index (χ3v) is 5.42. The number of nitrogens with one attached hydrogen (secondary N) is 1. The van der Waals surface area contributed by atoms with Crippen LogP contribution in [-0.2, 0) is 10.0 Å². The van der Waals surface area contributed by atoms with Gasteiger partial charge in [0.05, 0.1) is 5.69 Å². The smallest absolute Gasteiger partial charge is 0.263 e. The van der Waals surface area contributed by atoms with Crippen molar-refractivity contribution in [1.29, 1.82) is 0 Å². The molecule has 3 N–H and O–H groups in total. The van der Waals surface area contributed by atoms with E-state index in [1.165, 1.54) is 36.4 Å². The van der Waals surface area contributed by atoms with Gasteiger partial charge in [-0.05, 0) is 68.3 Å². The molecule has 2 aromatic rings. The second-order valence-corrected chi connectivity index (χ2v) is 7.28. The van der Waals surface area contributed by atoms with E-state index >= 15 is 0 Å². The highest BCUT2D eigenvalue weighted by molar-refractivity contribution is 9.11. The summed E-state index contributed by atoms with van der Waals surface area (Å²) in [5.41, 5.74) is 6.26. The van der Waals surface area contributed by atoms with Crippen LogP contribution in [0.1, 0.15) is 0 Å². The lowest BCUT2D eigenvalue weighted by Crippen LogP contribution is -2.14. The molecule has 0 aromatic heterocycles. The van der Waals surface area contributed by atoms with Gasteiger partial charge in [-0.25, -0.2) is 12.8 Å². The Hall–Kier alpha value is -1.12. The second-order valence-electron chi connectivity index (χ2n) is 3.92. The van der Waals surface area contributed by atoms with E-state index in [1.54, 1.807) is 0 Å². The standard InChI is InChI=1S/C12H9Br2FN2O2S/c13-9-5-7(15)1-3-11(9)17-20(18,19)12-4-2-8(16)6-10(12)14/h1-6,17H,16H2. The van der Waals surface area contributed by atoms with Crippen LogP contribution in [0.5, 0.6) is 0 Å². The summed E-state index contributed by atoms with van der Waals surface area (Å²) in [6.45, 7) is 0. The number of nitrogen functional groups attached to an aromatic ring is 1.